The van der Waals surface area contributed by atoms with E-state index in [1.165, 1.54) is 6.07 Å². The van der Waals surface area contributed by atoms with Crippen molar-refractivity contribution in [3.8, 4) is 5.75 Å². The Bertz CT molecular complexity index is 909. The van der Waals surface area contributed by atoms with E-state index in [1.807, 2.05) is 30.3 Å². The summed E-state index contributed by atoms with van der Waals surface area (Å²) in [6.45, 7) is 4.64. The number of amides is 1. The molecule has 0 bridgehead atoms. The van der Waals surface area contributed by atoms with Gasteiger partial charge in [0.1, 0.15) is 11.6 Å². The summed E-state index contributed by atoms with van der Waals surface area (Å²) in [6.07, 6.45) is 0. The standard InChI is InChI=1S/C24H32FN5O2/c1-28(2)23(31)17-27-24(26-16-19-7-9-22(32-3)10-8-19)30-13-11-29(12-14-30)18-20-5-4-6-21(25)15-20/h4-10,15H,11-14,16-18H2,1-3H3,(H,26,27). The van der Waals surface area contributed by atoms with Gasteiger partial charge in [0.2, 0.25) is 5.91 Å². The Morgan fingerprint density at radius 3 is 2.44 bits per heavy atom. The van der Waals surface area contributed by atoms with Gasteiger partial charge in [0.05, 0.1) is 20.2 Å². The summed E-state index contributed by atoms with van der Waals surface area (Å²) in [4.78, 5) is 22.9. The molecule has 1 saturated heterocycles. The lowest BCUT2D eigenvalue weighted by Gasteiger charge is -2.36. The summed E-state index contributed by atoms with van der Waals surface area (Å²) < 4.78 is 18.7. The number of halogens is 1. The molecule has 1 heterocycles. The van der Waals surface area contributed by atoms with Crippen LogP contribution in [0.1, 0.15) is 11.1 Å². The maximum Gasteiger partial charge on any atom is 0.241 e. The van der Waals surface area contributed by atoms with Crippen LogP contribution in [0.15, 0.2) is 53.5 Å². The van der Waals surface area contributed by atoms with Crippen molar-refractivity contribution >= 4 is 11.9 Å². The van der Waals surface area contributed by atoms with Gasteiger partial charge in [0, 0.05) is 46.8 Å². The average Bonchev–Trinajstić information content (AvgIpc) is 2.80. The van der Waals surface area contributed by atoms with E-state index in [9.17, 15) is 9.18 Å². The van der Waals surface area contributed by atoms with Crippen LogP contribution in [-0.2, 0) is 17.9 Å². The topological polar surface area (TPSA) is 60.4 Å². The maximum atomic E-state index is 13.5. The lowest BCUT2D eigenvalue weighted by Crippen LogP contribution is -2.53. The van der Waals surface area contributed by atoms with Gasteiger partial charge in [-0.2, -0.15) is 0 Å². The maximum absolute atomic E-state index is 13.5. The Morgan fingerprint density at radius 2 is 1.81 bits per heavy atom. The van der Waals surface area contributed by atoms with Gasteiger partial charge in [0.15, 0.2) is 5.96 Å². The number of carbonyl (C=O) groups excluding carboxylic acids is 1. The summed E-state index contributed by atoms with van der Waals surface area (Å²) in [6, 6.07) is 14.6. The number of aliphatic imine (C=N–C) groups is 1. The highest BCUT2D eigenvalue weighted by atomic mass is 19.1. The minimum atomic E-state index is -0.205. The van der Waals surface area contributed by atoms with E-state index in [2.05, 4.69) is 15.1 Å². The number of rotatable bonds is 7. The molecule has 8 heteroatoms. The Morgan fingerprint density at radius 1 is 1.09 bits per heavy atom. The first kappa shape index (κ1) is 23.5. The van der Waals surface area contributed by atoms with Crippen molar-refractivity contribution in [3.05, 3.63) is 65.5 Å². The van der Waals surface area contributed by atoms with Crippen LogP contribution >= 0.6 is 0 Å². The number of carbonyl (C=O) groups is 1. The fourth-order valence-corrected chi connectivity index (χ4v) is 3.49. The summed E-state index contributed by atoms with van der Waals surface area (Å²) in [7, 11) is 5.12. The molecule has 1 fully saturated rings. The molecule has 1 aliphatic rings. The number of benzene rings is 2. The summed E-state index contributed by atoms with van der Waals surface area (Å²) in [5.74, 6) is 1.32. The molecule has 32 heavy (non-hydrogen) atoms. The molecule has 2 aromatic rings. The van der Waals surface area contributed by atoms with Gasteiger partial charge >= 0.3 is 0 Å². The fraction of sp³-hybridized carbons (Fsp3) is 0.417. The summed E-state index contributed by atoms with van der Waals surface area (Å²) in [5, 5.41) is 3.23. The Kier molecular flexibility index (Phi) is 8.44. The Balaban J connectivity index is 1.62. The first-order valence-electron chi connectivity index (χ1n) is 10.8. The molecule has 0 aromatic heterocycles. The number of nitrogens with zero attached hydrogens (tertiary/aromatic N) is 4. The average molecular weight is 442 g/mol. The minimum absolute atomic E-state index is 0.00751. The van der Waals surface area contributed by atoms with E-state index in [1.54, 1.807) is 38.2 Å². The third-order valence-corrected chi connectivity index (χ3v) is 5.43. The number of nitrogens with one attached hydrogen (secondary N) is 1. The molecule has 2 aromatic carbocycles. The van der Waals surface area contributed by atoms with Crippen molar-refractivity contribution in [1.82, 2.24) is 20.0 Å². The lowest BCUT2D eigenvalue weighted by molar-refractivity contribution is -0.127. The third kappa shape index (κ3) is 6.95. The van der Waals surface area contributed by atoms with Crippen LogP contribution in [0.5, 0.6) is 5.75 Å². The van der Waals surface area contributed by atoms with Crippen molar-refractivity contribution in [2.45, 2.75) is 13.1 Å². The van der Waals surface area contributed by atoms with E-state index < -0.39 is 0 Å². The highest BCUT2D eigenvalue weighted by Gasteiger charge is 2.20. The number of hydrogen-bond acceptors (Lipinski definition) is 4. The molecule has 0 spiro atoms. The van der Waals surface area contributed by atoms with Crippen LogP contribution in [0.4, 0.5) is 4.39 Å². The molecule has 1 aliphatic heterocycles. The largest absolute Gasteiger partial charge is 0.497 e. The van der Waals surface area contributed by atoms with Crippen molar-refractivity contribution in [2.75, 3.05) is 53.9 Å². The number of likely N-dealkylation sites (N-methyl/N-ethyl adjacent to an activating group) is 1. The number of guanidine groups is 1. The van der Waals surface area contributed by atoms with E-state index in [4.69, 9.17) is 9.73 Å². The van der Waals surface area contributed by atoms with E-state index in [0.717, 1.165) is 55.6 Å². The number of ether oxygens (including phenoxy) is 1. The molecule has 1 N–H and O–H groups in total. The molecular weight excluding hydrogens is 409 g/mol. The van der Waals surface area contributed by atoms with Crippen LogP contribution in [0.3, 0.4) is 0 Å². The summed E-state index contributed by atoms with van der Waals surface area (Å²) in [5.41, 5.74) is 2.04. The normalized spacial score (nSPS) is 14.9. The molecule has 3 rings (SSSR count). The van der Waals surface area contributed by atoms with Gasteiger partial charge < -0.3 is 19.9 Å². The van der Waals surface area contributed by atoms with Crippen molar-refractivity contribution < 1.29 is 13.9 Å². The molecule has 0 aliphatic carbocycles. The van der Waals surface area contributed by atoms with Crippen LogP contribution in [0.25, 0.3) is 0 Å². The van der Waals surface area contributed by atoms with Crippen LogP contribution in [0.2, 0.25) is 0 Å². The molecule has 0 radical (unpaired) electrons. The second-order valence-electron chi connectivity index (χ2n) is 8.02. The molecule has 172 valence electrons. The second-order valence-corrected chi connectivity index (χ2v) is 8.02. The molecule has 0 atom stereocenters. The van der Waals surface area contributed by atoms with Crippen LogP contribution in [0, 0.1) is 5.82 Å². The van der Waals surface area contributed by atoms with Crippen molar-refractivity contribution in [2.24, 2.45) is 4.99 Å². The lowest BCUT2D eigenvalue weighted by atomic mass is 10.2. The zero-order chi connectivity index (χ0) is 22.9. The molecule has 0 unspecified atom stereocenters. The van der Waals surface area contributed by atoms with Gasteiger partial charge in [-0.15, -0.1) is 0 Å². The van der Waals surface area contributed by atoms with E-state index in [-0.39, 0.29) is 18.3 Å². The zero-order valence-corrected chi connectivity index (χ0v) is 19.1. The Hall–Kier alpha value is -3.13. The first-order chi connectivity index (χ1) is 15.4. The fourth-order valence-electron chi connectivity index (χ4n) is 3.49. The van der Waals surface area contributed by atoms with Crippen molar-refractivity contribution in [1.29, 1.82) is 0 Å². The van der Waals surface area contributed by atoms with Crippen molar-refractivity contribution in [3.63, 3.8) is 0 Å². The van der Waals surface area contributed by atoms with E-state index >= 15 is 0 Å². The predicted octanol–water partition coefficient (Wildman–Crippen LogP) is 2.19. The number of methoxy groups -OCH3 is 1. The smallest absolute Gasteiger partial charge is 0.241 e. The molecule has 0 saturated carbocycles. The second kappa shape index (κ2) is 11.5. The van der Waals surface area contributed by atoms with E-state index in [0.29, 0.717) is 6.54 Å². The predicted molar refractivity (Wildman–Crippen MR) is 124 cm³/mol. The van der Waals surface area contributed by atoms with Gasteiger partial charge in [-0.25, -0.2) is 9.38 Å². The van der Waals surface area contributed by atoms with Gasteiger partial charge in [0.25, 0.3) is 0 Å². The number of hydrogen-bond donors (Lipinski definition) is 1. The van der Waals surface area contributed by atoms with Gasteiger partial charge in [-0.3, -0.25) is 9.69 Å². The SMILES string of the molecule is COc1ccc(CN=C(NCC(=O)N(C)C)N2CCN(Cc3cccc(F)c3)CC2)cc1. The highest BCUT2D eigenvalue weighted by Crippen LogP contribution is 2.13. The van der Waals surface area contributed by atoms with Gasteiger partial charge in [-0.05, 0) is 35.4 Å². The third-order valence-electron chi connectivity index (χ3n) is 5.43. The minimum Gasteiger partial charge on any atom is -0.497 e. The molecular formula is C24H32FN5O2. The van der Waals surface area contributed by atoms with Crippen LogP contribution < -0.4 is 10.1 Å². The molecule has 1 amide bonds. The quantitative estimate of drug-likeness (QED) is 0.527. The highest BCUT2D eigenvalue weighted by molar-refractivity contribution is 5.86. The van der Waals surface area contributed by atoms with Crippen LogP contribution in [-0.4, -0.2) is 80.5 Å². The first-order valence-corrected chi connectivity index (χ1v) is 10.8. The monoisotopic (exact) mass is 441 g/mol. The number of piperazine rings is 1. The Labute approximate surface area is 189 Å². The molecule has 7 nitrogen and oxygen atoms in total. The summed E-state index contributed by atoms with van der Waals surface area (Å²) >= 11 is 0. The zero-order valence-electron chi connectivity index (χ0n) is 19.1. The van der Waals surface area contributed by atoms with Gasteiger partial charge in [-0.1, -0.05) is 24.3 Å².